The van der Waals surface area contributed by atoms with Crippen LogP contribution in [0.2, 0.25) is 0 Å². The summed E-state index contributed by atoms with van der Waals surface area (Å²) in [6.45, 7) is 0. The molecule has 0 aliphatic carbocycles. The fourth-order valence-corrected chi connectivity index (χ4v) is 3.11. The van der Waals surface area contributed by atoms with Crippen molar-refractivity contribution in [1.29, 1.82) is 0 Å². The second-order valence-corrected chi connectivity index (χ2v) is 6.96. The summed E-state index contributed by atoms with van der Waals surface area (Å²) in [7, 11) is 5.72. The lowest BCUT2D eigenvalue weighted by Gasteiger charge is -2.11. The smallest absolute Gasteiger partial charge is 0.337 e. The normalized spacial score (nSPS) is 9.88. The van der Waals surface area contributed by atoms with Crippen molar-refractivity contribution in [3.8, 4) is 29.1 Å². The molecular formula is C27H22O7. The van der Waals surface area contributed by atoms with E-state index in [1.165, 1.54) is 46.6 Å². The summed E-state index contributed by atoms with van der Waals surface area (Å²) < 4.78 is 20.4. The minimum Gasteiger partial charge on any atom is -0.497 e. The molecule has 0 heterocycles. The third-order valence-corrected chi connectivity index (χ3v) is 4.97. The second-order valence-electron chi connectivity index (χ2n) is 6.96. The average Bonchev–Trinajstić information content (AvgIpc) is 2.90. The molecule has 7 heteroatoms. The molecular weight excluding hydrogens is 436 g/mol. The van der Waals surface area contributed by atoms with Crippen LogP contribution in [-0.2, 0) is 4.74 Å². The third kappa shape index (κ3) is 5.25. The minimum atomic E-state index is -0.739. The highest BCUT2D eigenvalue weighted by Crippen LogP contribution is 2.31. The summed E-state index contributed by atoms with van der Waals surface area (Å²) in [5.41, 5.74) is 1.58. The highest BCUT2D eigenvalue weighted by atomic mass is 16.5. The standard InChI is InChI=1S/C27H22O7/c1-31-21-13-11-18(12-14-21)25(28)26(29)22-16-24(33-3)23(32-2)15-20(22)10-7-17-5-8-19(9-6-17)27(30)34-4/h5-6,8-9,11-16H,1-4H3. The van der Waals surface area contributed by atoms with Gasteiger partial charge in [0.25, 0.3) is 0 Å². The van der Waals surface area contributed by atoms with Crippen LogP contribution in [-0.4, -0.2) is 46.0 Å². The van der Waals surface area contributed by atoms with Crippen LogP contribution in [0.5, 0.6) is 17.2 Å². The lowest BCUT2D eigenvalue weighted by atomic mass is 9.96. The molecule has 7 nitrogen and oxygen atoms in total. The number of benzene rings is 3. The number of carbonyl (C=O) groups excluding carboxylic acids is 3. The molecule has 3 rings (SSSR count). The fourth-order valence-electron chi connectivity index (χ4n) is 3.11. The Balaban J connectivity index is 2.02. The van der Waals surface area contributed by atoms with E-state index in [9.17, 15) is 14.4 Å². The second kappa shape index (κ2) is 10.8. The van der Waals surface area contributed by atoms with Crippen molar-refractivity contribution in [1.82, 2.24) is 0 Å². The molecule has 0 saturated carbocycles. The highest BCUT2D eigenvalue weighted by molar-refractivity contribution is 6.49. The van der Waals surface area contributed by atoms with Crippen LogP contribution < -0.4 is 14.2 Å². The predicted octanol–water partition coefficient (Wildman–Crippen LogP) is 3.96. The monoisotopic (exact) mass is 458 g/mol. The Morgan fingerprint density at radius 2 is 1.24 bits per heavy atom. The fraction of sp³-hybridized carbons (Fsp3) is 0.148. The summed E-state index contributed by atoms with van der Waals surface area (Å²) in [6, 6.07) is 15.7. The van der Waals surface area contributed by atoms with Gasteiger partial charge in [-0.1, -0.05) is 11.8 Å². The Bertz CT molecular complexity index is 1280. The SMILES string of the molecule is COC(=O)c1ccc(C#Cc2cc(OC)c(OC)cc2C(=O)C(=O)c2ccc(OC)cc2)cc1. The summed E-state index contributed by atoms with van der Waals surface area (Å²) in [4.78, 5) is 37.7. The molecule has 0 N–H and O–H groups in total. The van der Waals surface area contributed by atoms with Gasteiger partial charge in [0.2, 0.25) is 11.6 Å². The number of carbonyl (C=O) groups is 3. The number of ketones is 2. The molecule has 0 atom stereocenters. The van der Waals surface area contributed by atoms with Crippen LogP contribution in [0.15, 0.2) is 60.7 Å². The third-order valence-electron chi connectivity index (χ3n) is 4.97. The molecule has 0 amide bonds. The number of rotatable bonds is 7. The number of ether oxygens (including phenoxy) is 4. The molecule has 0 spiro atoms. The van der Waals surface area contributed by atoms with E-state index in [2.05, 4.69) is 16.6 Å². The minimum absolute atomic E-state index is 0.0807. The van der Waals surface area contributed by atoms with Gasteiger partial charge in [0.05, 0.1) is 34.0 Å². The van der Waals surface area contributed by atoms with E-state index in [1.54, 1.807) is 42.5 Å². The molecule has 172 valence electrons. The van der Waals surface area contributed by atoms with Gasteiger partial charge in [-0.25, -0.2) is 4.79 Å². The van der Waals surface area contributed by atoms with Crippen LogP contribution in [0.3, 0.4) is 0 Å². The maximum Gasteiger partial charge on any atom is 0.337 e. The largest absolute Gasteiger partial charge is 0.497 e. The Morgan fingerprint density at radius 3 is 1.79 bits per heavy atom. The lowest BCUT2D eigenvalue weighted by Crippen LogP contribution is -2.16. The summed E-state index contributed by atoms with van der Waals surface area (Å²) in [6.07, 6.45) is 0. The van der Waals surface area contributed by atoms with E-state index < -0.39 is 17.5 Å². The molecule has 0 bridgehead atoms. The van der Waals surface area contributed by atoms with Gasteiger partial charge in [0.15, 0.2) is 11.5 Å². The zero-order valence-electron chi connectivity index (χ0n) is 19.1. The van der Waals surface area contributed by atoms with Gasteiger partial charge < -0.3 is 18.9 Å². The maximum atomic E-state index is 13.2. The van der Waals surface area contributed by atoms with Gasteiger partial charge >= 0.3 is 5.97 Å². The van der Waals surface area contributed by atoms with Crippen LogP contribution in [0, 0.1) is 11.8 Å². The molecule has 0 aliphatic heterocycles. The van der Waals surface area contributed by atoms with Gasteiger partial charge in [-0.2, -0.15) is 0 Å². The van der Waals surface area contributed by atoms with E-state index in [0.717, 1.165) is 0 Å². The van der Waals surface area contributed by atoms with Crippen LogP contribution in [0.25, 0.3) is 0 Å². The number of hydrogen-bond donors (Lipinski definition) is 0. The Labute approximate surface area is 197 Å². The average molecular weight is 458 g/mol. The van der Waals surface area contributed by atoms with Crippen LogP contribution >= 0.6 is 0 Å². The van der Waals surface area contributed by atoms with Crippen molar-refractivity contribution in [3.05, 3.63) is 88.5 Å². The summed E-state index contributed by atoms with van der Waals surface area (Å²) in [5, 5.41) is 0. The summed E-state index contributed by atoms with van der Waals surface area (Å²) in [5.74, 6) is 5.21. The quantitative estimate of drug-likeness (QED) is 0.229. The topological polar surface area (TPSA) is 88.1 Å². The first kappa shape index (κ1) is 24.1. The van der Waals surface area contributed by atoms with E-state index in [-0.39, 0.29) is 11.1 Å². The van der Waals surface area contributed by atoms with Crippen molar-refractivity contribution in [2.24, 2.45) is 0 Å². The van der Waals surface area contributed by atoms with E-state index >= 15 is 0 Å². The molecule has 0 fully saturated rings. The maximum absolute atomic E-state index is 13.2. The van der Waals surface area contributed by atoms with Crippen LogP contribution in [0.4, 0.5) is 0 Å². The zero-order valence-corrected chi connectivity index (χ0v) is 19.1. The molecule has 0 aliphatic rings. The van der Waals surface area contributed by atoms with Crippen molar-refractivity contribution >= 4 is 17.5 Å². The van der Waals surface area contributed by atoms with Crippen molar-refractivity contribution in [2.75, 3.05) is 28.4 Å². The van der Waals surface area contributed by atoms with Crippen LogP contribution in [0.1, 0.15) is 42.2 Å². The Kier molecular flexibility index (Phi) is 7.67. The first-order valence-electron chi connectivity index (χ1n) is 10.1. The molecule has 0 aromatic heterocycles. The Morgan fingerprint density at radius 1 is 0.647 bits per heavy atom. The van der Waals surface area contributed by atoms with Gasteiger partial charge in [0, 0.05) is 28.3 Å². The van der Waals surface area contributed by atoms with E-state index in [4.69, 9.17) is 14.2 Å². The number of hydrogen-bond acceptors (Lipinski definition) is 7. The van der Waals surface area contributed by atoms with Crippen molar-refractivity contribution in [3.63, 3.8) is 0 Å². The van der Waals surface area contributed by atoms with E-state index in [1.807, 2.05) is 0 Å². The molecule has 3 aromatic carbocycles. The Hall–Kier alpha value is -4.57. The van der Waals surface area contributed by atoms with E-state index in [0.29, 0.717) is 33.9 Å². The first-order chi connectivity index (χ1) is 16.4. The number of methoxy groups -OCH3 is 4. The predicted molar refractivity (Wildman–Crippen MR) is 125 cm³/mol. The zero-order chi connectivity index (χ0) is 24.7. The molecule has 3 aromatic rings. The number of Topliss-reactive ketones (excluding diaryl/α,β-unsaturated/α-hetero) is 2. The van der Waals surface area contributed by atoms with Crippen molar-refractivity contribution in [2.45, 2.75) is 0 Å². The van der Waals surface area contributed by atoms with Gasteiger partial charge in [-0.3, -0.25) is 9.59 Å². The highest BCUT2D eigenvalue weighted by Gasteiger charge is 2.23. The van der Waals surface area contributed by atoms with Gasteiger partial charge in [-0.15, -0.1) is 0 Å². The van der Waals surface area contributed by atoms with Gasteiger partial charge in [0.1, 0.15) is 5.75 Å². The summed E-state index contributed by atoms with van der Waals surface area (Å²) >= 11 is 0. The molecule has 34 heavy (non-hydrogen) atoms. The molecule has 0 unspecified atom stereocenters. The number of esters is 1. The van der Waals surface area contributed by atoms with Crippen molar-refractivity contribution < 1.29 is 33.3 Å². The first-order valence-corrected chi connectivity index (χ1v) is 10.1. The molecule has 0 radical (unpaired) electrons. The van der Waals surface area contributed by atoms with Gasteiger partial charge in [-0.05, 0) is 54.6 Å². The lowest BCUT2D eigenvalue weighted by molar-refractivity contribution is 0.0600. The molecule has 0 saturated heterocycles.